The van der Waals surface area contributed by atoms with E-state index in [-0.39, 0.29) is 33.0 Å². The Bertz CT molecular complexity index is 1880. The maximum absolute atomic E-state index is 12.7. The van der Waals surface area contributed by atoms with Crippen LogP contribution in [0, 0.1) is 0 Å². The summed E-state index contributed by atoms with van der Waals surface area (Å²) in [5, 5.41) is 0. The van der Waals surface area contributed by atoms with Gasteiger partial charge in [0.15, 0.2) is 24.6 Å². The van der Waals surface area contributed by atoms with Gasteiger partial charge in [-0.3, -0.25) is 14.4 Å². The van der Waals surface area contributed by atoms with Gasteiger partial charge in [0, 0.05) is 20.8 Å². The van der Waals surface area contributed by atoms with E-state index in [0.29, 0.717) is 0 Å². The Balaban J connectivity index is 1.34. The summed E-state index contributed by atoms with van der Waals surface area (Å²) in [6.07, 6.45) is -10.7. The van der Waals surface area contributed by atoms with Crippen LogP contribution in [0.25, 0.3) is 0 Å². The molecule has 10 atom stereocenters. The fourth-order valence-electron chi connectivity index (χ4n) is 7.08. The smallest absolute Gasteiger partial charge is 0.303 e. The van der Waals surface area contributed by atoms with E-state index in [1.165, 1.54) is 20.8 Å². The highest BCUT2D eigenvalue weighted by Crippen LogP contribution is 2.36. The van der Waals surface area contributed by atoms with E-state index < -0.39 is 79.3 Å². The van der Waals surface area contributed by atoms with Crippen LogP contribution in [0.3, 0.4) is 0 Å². The fourth-order valence-corrected chi connectivity index (χ4v) is 7.08. The Labute approximate surface area is 344 Å². The number of rotatable bonds is 18. The summed E-state index contributed by atoms with van der Waals surface area (Å²) >= 11 is 0. The lowest BCUT2D eigenvalue weighted by atomic mass is 9.97. The van der Waals surface area contributed by atoms with Crippen LogP contribution >= 0.6 is 0 Å². The molecule has 0 saturated carbocycles. The van der Waals surface area contributed by atoms with Gasteiger partial charge in [-0.25, -0.2) is 0 Å². The molecule has 0 aliphatic carbocycles. The molecule has 0 radical (unpaired) electrons. The molecule has 0 amide bonds. The number of esters is 3. The predicted octanol–water partition coefficient (Wildman–Crippen LogP) is 6.24. The monoisotopic (exact) mass is 812 g/mol. The zero-order valence-corrected chi connectivity index (χ0v) is 33.7. The van der Waals surface area contributed by atoms with E-state index in [1.807, 2.05) is 128 Å². The Morgan fingerprint density at radius 3 is 1.32 bits per heavy atom. The summed E-state index contributed by atoms with van der Waals surface area (Å²) in [7, 11) is 0. The molecule has 2 heterocycles. The molecule has 13 nitrogen and oxygen atoms in total. The quantitative estimate of drug-likeness (QED) is 0.0827. The van der Waals surface area contributed by atoms with Gasteiger partial charge >= 0.3 is 17.9 Å². The summed E-state index contributed by atoms with van der Waals surface area (Å²) in [5.74, 6) is -2.12. The number of hydrogen-bond acceptors (Lipinski definition) is 13. The van der Waals surface area contributed by atoms with Crippen molar-refractivity contribution in [3.05, 3.63) is 144 Å². The van der Waals surface area contributed by atoms with Crippen LogP contribution in [0.1, 0.15) is 49.9 Å². The zero-order valence-electron chi connectivity index (χ0n) is 33.7. The van der Waals surface area contributed by atoms with Crippen molar-refractivity contribution in [3.8, 4) is 0 Å². The van der Waals surface area contributed by atoms with Gasteiger partial charge in [0.1, 0.15) is 24.4 Å². The topological polar surface area (TPSA) is 144 Å². The third kappa shape index (κ3) is 12.8. The summed E-state index contributed by atoms with van der Waals surface area (Å²) in [6.45, 7) is 6.19. The van der Waals surface area contributed by atoms with Crippen LogP contribution in [-0.4, -0.2) is 85.9 Å². The number of benzene rings is 4. The molecule has 2 saturated heterocycles. The largest absolute Gasteiger partial charge is 0.456 e. The van der Waals surface area contributed by atoms with Crippen LogP contribution in [0.15, 0.2) is 121 Å². The van der Waals surface area contributed by atoms with Crippen LogP contribution in [0.4, 0.5) is 0 Å². The van der Waals surface area contributed by atoms with Gasteiger partial charge in [-0.15, -0.1) is 0 Å². The van der Waals surface area contributed by atoms with E-state index in [2.05, 4.69) is 0 Å². The molecular formula is C46H52O13. The number of hydrogen-bond donors (Lipinski definition) is 0. The van der Waals surface area contributed by atoms with Crippen LogP contribution < -0.4 is 0 Å². The van der Waals surface area contributed by atoms with Crippen molar-refractivity contribution < 1.29 is 61.8 Å². The van der Waals surface area contributed by atoms with Gasteiger partial charge in [-0.2, -0.15) is 0 Å². The first kappa shape index (κ1) is 43.6. The summed E-state index contributed by atoms with van der Waals surface area (Å²) in [5.41, 5.74) is 3.66. The molecule has 314 valence electrons. The van der Waals surface area contributed by atoms with Crippen molar-refractivity contribution in [2.45, 2.75) is 116 Å². The van der Waals surface area contributed by atoms with Gasteiger partial charge < -0.3 is 47.4 Å². The lowest BCUT2D eigenvalue weighted by molar-refractivity contribution is -0.383. The minimum Gasteiger partial charge on any atom is -0.456 e. The molecule has 4 aromatic carbocycles. The first-order valence-electron chi connectivity index (χ1n) is 19.7. The molecule has 4 aromatic rings. The number of carbonyl (C=O) groups is 3. The molecule has 2 fully saturated rings. The maximum Gasteiger partial charge on any atom is 0.303 e. The molecule has 0 aromatic heterocycles. The third-order valence-corrected chi connectivity index (χ3v) is 9.74. The van der Waals surface area contributed by atoms with E-state index >= 15 is 0 Å². The second kappa shape index (κ2) is 21.9. The first-order chi connectivity index (χ1) is 28.6. The van der Waals surface area contributed by atoms with Gasteiger partial charge in [0.25, 0.3) is 0 Å². The highest BCUT2D eigenvalue weighted by Gasteiger charge is 2.55. The van der Waals surface area contributed by atoms with Crippen molar-refractivity contribution in [2.75, 3.05) is 6.61 Å². The molecule has 2 aliphatic rings. The van der Waals surface area contributed by atoms with Crippen molar-refractivity contribution in [1.29, 1.82) is 0 Å². The zero-order chi connectivity index (χ0) is 41.6. The Morgan fingerprint density at radius 1 is 0.458 bits per heavy atom. The van der Waals surface area contributed by atoms with Gasteiger partial charge in [-0.1, -0.05) is 121 Å². The summed E-state index contributed by atoms with van der Waals surface area (Å²) in [4.78, 5) is 37.8. The van der Waals surface area contributed by atoms with Crippen molar-refractivity contribution in [2.24, 2.45) is 0 Å². The fraction of sp³-hybridized carbons (Fsp3) is 0.413. The average molecular weight is 813 g/mol. The summed E-state index contributed by atoms with van der Waals surface area (Å²) < 4.78 is 63.1. The van der Waals surface area contributed by atoms with Crippen molar-refractivity contribution in [3.63, 3.8) is 0 Å². The molecular weight excluding hydrogens is 760 g/mol. The molecule has 2 aliphatic heterocycles. The first-order valence-corrected chi connectivity index (χ1v) is 19.7. The van der Waals surface area contributed by atoms with E-state index in [1.54, 1.807) is 0 Å². The number of carbonyl (C=O) groups excluding carboxylic acids is 3. The minimum absolute atomic E-state index is 0.120. The van der Waals surface area contributed by atoms with E-state index in [0.717, 1.165) is 22.3 Å². The Morgan fingerprint density at radius 2 is 0.847 bits per heavy atom. The standard InChI is InChI=1S/C46H52O13/c1-30-39(51-26-35-19-11-6-12-20-35)41(52-27-36-21-13-7-14-22-36)43(53-28-37-23-15-8-16-24-37)45(54-30)59-46-44(57-33(4)49)42(56-32(3)48)40(55-31(2)47)38(58-46)29-50-25-34-17-9-5-10-18-34/h5-24,30,38-46H,25-29H2,1-4H3/t30-,38+,39+,40-,41+,42-,43-,44+,45-,46-/m0/s1. The van der Waals surface area contributed by atoms with E-state index in [9.17, 15) is 14.4 Å². The van der Waals surface area contributed by atoms with Gasteiger partial charge in [0.2, 0.25) is 6.29 Å². The molecule has 0 N–H and O–H groups in total. The summed E-state index contributed by atoms with van der Waals surface area (Å²) in [6, 6.07) is 38.6. The van der Waals surface area contributed by atoms with Crippen LogP contribution in [0.5, 0.6) is 0 Å². The predicted molar refractivity (Wildman–Crippen MR) is 212 cm³/mol. The molecule has 6 rings (SSSR count). The Kier molecular flexibility index (Phi) is 16.1. The van der Waals surface area contributed by atoms with E-state index in [4.69, 9.17) is 47.4 Å². The van der Waals surface area contributed by atoms with Crippen LogP contribution in [-0.2, 0) is 88.2 Å². The molecule has 13 heteroatoms. The average Bonchev–Trinajstić information content (AvgIpc) is 3.23. The second-order valence-electron chi connectivity index (χ2n) is 14.4. The van der Waals surface area contributed by atoms with Crippen molar-refractivity contribution >= 4 is 17.9 Å². The third-order valence-electron chi connectivity index (χ3n) is 9.74. The molecule has 0 bridgehead atoms. The second-order valence-corrected chi connectivity index (χ2v) is 14.4. The molecule has 0 unspecified atom stereocenters. The molecule has 0 spiro atoms. The minimum atomic E-state index is -1.45. The number of ether oxygens (including phenoxy) is 10. The van der Waals surface area contributed by atoms with Gasteiger partial charge in [-0.05, 0) is 29.2 Å². The lowest BCUT2D eigenvalue weighted by Crippen LogP contribution is -2.65. The van der Waals surface area contributed by atoms with Crippen LogP contribution in [0.2, 0.25) is 0 Å². The highest BCUT2D eigenvalue weighted by molar-refractivity contribution is 5.68. The normalized spacial score (nSPS) is 26.7. The maximum atomic E-state index is 12.7. The molecule has 59 heavy (non-hydrogen) atoms. The van der Waals surface area contributed by atoms with Crippen molar-refractivity contribution in [1.82, 2.24) is 0 Å². The van der Waals surface area contributed by atoms with Gasteiger partial charge in [0.05, 0.1) is 39.1 Å². The Hall–Kier alpha value is -4.99. The lowest BCUT2D eigenvalue weighted by Gasteiger charge is -2.48. The highest BCUT2D eigenvalue weighted by atomic mass is 16.8. The SMILES string of the molecule is CC(=O)O[C@H]1[C@@H](OC(C)=O)[C@@H](COCc2ccccc2)O[C@@H](O[C@@H]2O[C@@H](C)[C@@H](OCc3ccccc3)[C@@H](OCc3ccccc3)[C@@H]2OCc2ccccc2)[C@@H]1OC(C)=O.